The zero-order valence-corrected chi connectivity index (χ0v) is 19.6. The number of hydrogen-bond acceptors (Lipinski definition) is 9. The maximum Gasteiger partial charge on any atom is 0.250 e. The number of nitrogens with zero attached hydrogens (tertiary/aromatic N) is 5. The molecule has 0 saturated heterocycles. The molecule has 6 N–H and O–H groups in total. The predicted molar refractivity (Wildman–Crippen MR) is 128 cm³/mol. The van der Waals surface area contributed by atoms with Crippen molar-refractivity contribution in [3.05, 3.63) is 46.0 Å². The standard InChI is InChI=1S/C22H32N8O4/c1-3-16-18(19(23)29-21(25)28-16)33-12-7-11-32-17-9-6-5-8-15(17)14-22(4-2,20(24)31)34-13-10-27-30-26/h5-6,8-9H,3-4,7,10-14H2,1-2H3,(H2,24,31)(H4,23,25,28,29). The number of azide groups is 1. The summed E-state index contributed by atoms with van der Waals surface area (Å²) in [5.74, 6) is 0.782. The number of carbonyl (C=O) groups excluding carboxylic acids is 1. The number of aryl methyl sites for hydroxylation is 1. The van der Waals surface area contributed by atoms with Gasteiger partial charge in [0.1, 0.15) is 11.4 Å². The number of benzene rings is 1. The second-order valence-electron chi connectivity index (χ2n) is 7.45. The van der Waals surface area contributed by atoms with Crippen molar-refractivity contribution in [2.45, 2.75) is 45.1 Å². The van der Waals surface area contributed by atoms with Gasteiger partial charge in [0, 0.05) is 24.3 Å². The van der Waals surface area contributed by atoms with Crippen molar-refractivity contribution < 1.29 is 19.0 Å². The Morgan fingerprint density at radius 1 is 1.15 bits per heavy atom. The number of nitrogens with two attached hydrogens (primary N) is 3. The van der Waals surface area contributed by atoms with Gasteiger partial charge in [0.25, 0.3) is 0 Å². The Morgan fingerprint density at radius 2 is 1.88 bits per heavy atom. The third kappa shape index (κ3) is 7.12. The Labute approximate surface area is 198 Å². The first-order valence-corrected chi connectivity index (χ1v) is 11.1. The fourth-order valence-corrected chi connectivity index (χ4v) is 3.38. The van der Waals surface area contributed by atoms with Crippen LogP contribution < -0.4 is 26.7 Å². The molecule has 0 spiro atoms. The van der Waals surface area contributed by atoms with Gasteiger partial charge in [-0.1, -0.05) is 37.2 Å². The van der Waals surface area contributed by atoms with Gasteiger partial charge in [0.2, 0.25) is 11.9 Å². The molecule has 12 nitrogen and oxygen atoms in total. The second-order valence-corrected chi connectivity index (χ2v) is 7.45. The SMILES string of the molecule is CCc1nc(N)nc(N)c1OCCCOc1ccccc1CC(CC)(OCCN=[N+]=[N-])C(N)=O. The molecule has 0 radical (unpaired) electrons. The summed E-state index contributed by atoms with van der Waals surface area (Å²) in [7, 11) is 0. The van der Waals surface area contributed by atoms with E-state index in [1.807, 2.05) is 38.1 Å². The minimum atomic E-state index is -1.24. The van der Waals surface area contributed by atoms with Crippen LogP contribution in [-0.2, 0) is 22.4 Å². The number of carbonyl (C=O) groups is 1. The summed E-state index contributed by atoms with van der Waals surface area (Å²) in [5, 5.41) is 3.44. The number of para-hydroxylation sites is 1. The molecule has 0 fully saturated rings. The third-order valence-electron chi connectivity index (χ3n) is 5.21. The minimum absolute atomic E-state index is 0.0823. The number of hydrogen-bond donors (Lipinski definition) is 3. The summed E-state index contributed by atoms with van der Waals surface area (Å²) < 4.78 is 17.5. The smallest absolute Gasteiger partial charge is 0.250 e. The molecule has 0 aliphatic heterocycles. The lowest BCUT2D eigenvalue weighted by Crippen LogP contribution is -2.48. The molecule has 0 bridgehead atoms. The van der Waals surface area contributed by atoms with Gasteiger partial charge in [-0.25, -0.2) is 4.98 Å². The molecule has 0 aliphatic carbocycles. The summed E-state index contributed by atoms with van der Waals surface area (Å²) in [4.78, 5) is 23.1. The van der Waals surface area contributed by atoms with Gasteiger partial charge in [-0.2, -0.15) is 4.98 Å². The zero-order valence-electron chi connectivity index (χ0n) is 19.6. The number of amides is 1. The van der Waals surface area contributed by atoms with Crippen LogP contribution in [0.4, 0.5) is 11.8 Å². The predicted octanol–water partition coefficient (Wildman–Crippen LogP) is 2.55. The van der Waals surface area contributed by atoms with E-state index < -0.39 is 11.5 Å². The van der Waals surface area contributed by atoms with Gasteiger partial charge in [-0.15, -0.1) is 0 Å². The van der Waals surface area contributed by atoms with Crippen LogP contribution in [0, 0.1) is 0 Å². The molecule has 1 aromatic heterocycles. The van der Waals surface area contributed by atoms with Crippen molar-refractivity contribution in [3.63, 3.8) is 0 Å². The van der Waals surface area contributed by atoms with Crippen LogP contribution in [0.15, 0.2) is 29.4 Å². The summed E-state index contributed by atoms with van der Waals surface area (Å²) in [6, 6.07) is 7.37. The van der Waals surface area contributed by atoms with E-state index in [9.17, 15) is 4.79 Å². The number of primary amides is 1. The van der Waals surface area contributed by atoms with Gasteiger partial charge < -0.3 is 31.4 Å². The van der Waals surface area contributed by atoms with E-state index >= 15 is 0 Å². The third-order valence-corrected chi connectivity index (χ3v) is 5.21. The second kappa shape index (κ2) is 13.1. The Hall–Kier alpha value is -3.76. The molecule has 1 heterocycles. The van der Waals surface area contributed by atoms with Crippen LogP contribution in [0.5, 0.6) is 11.5 Å². The van der Waals surface area contributed by atoms with Crippen LogP contribution >= 0.6 is 0 Å². The first-order chi connectivity index (χ1) is 16.4. The molecule has 0 aliphatic rings. The summed E-state index contributed by atoms with van der Waals surface area (Å²) in [6.07, 6.45) is 1.76. The number of rotatable bonds is 15. The molecule has 2 aromatic rings. The molecule has 1 aromatic carbocycles. The Kier molecular flexibility index (Phi) is 10.2. The first kappa shape index (κ1) is 26.5. The van der Waals surface area contributed by atoms with E-state index in [0.717, 1.165) is 5.56 Å². The van der Waals surface area contributed by atoms with Crippen LogP contribution in [0.1, 0.15) is 37.9 Å². The molecular formula is C22H32N8O4. The topological polar surface area (TPSA) is 197 Å². The van der Waals surface area contributed by atoms with Crippen LogP contribution in [0.25, 0.3) is 10.4 Å². The van der Waals surface area contributed by atoms with Gasteiger partial charge in [0.05, 0.1) is 25.5 Å². The van der Waals surface area contributed by atoms with E-state index in [1.165, 1.54) is 0 Å². The van der Waals surface area contributed by atoms with Crippen molar-refractivity contribution in [1.82, 2.24) is 9.97 Å². The number of ether oxygens (including phenoxy) is 3. The summed E-state index contributed by atoms with van der Waals surface area (Å²) in [6.45, 7) is 4.64. The normalized spacial score (nSPS) is 12.4. The molecule has 1 amide bonds. The Morgan fingerprint density at radius 3 is 2.56 bits per heavy atom. The lowest BCUT2D eigenvalue weighted by Gasteiger charge is -2.30. The summed E-state index contributed by atoms with van der Waals surface area (Å²) in [5.41, 5.74) is 25.9. The lowest BCUT2D eigenvalue weighted by atomic mass is 9.90. The summed E-state index contributed by atoms with van der Waals surface area (Å²) >= 11 is 0. The fourth-order valence-electron chi connectivity index (χ4n) is 3.38. The highest BCUT2D eigenvalue weighted by Gasteiger charge is 2.36. The van der Waals surface area contributed by atoms with Gasteiger partial charge >= 0.3 is 0 Å². The largest absolute Gasteiger partial charge is 0.493 e. The average Bonchev–Trinajstić information content (AvgIpc) is 2.82. The molecule has 184 valence electrons. The number of aromatic nitrogens is 2. The first-order valence-electron chi connectivity index (χ1n) is 11.1. The number of anilines is 2. The van der Waals surface area contributed by atoms with E-state index in [-0.39, 0.29) is 31.3 Å². The quantitative estimate of drug-likeness (QED) is 0.152. The molecule has 0 saturated carbocycles. The van der Waals surface area contributed by atoms with Crippen molar-refractivity contribution in [3.8, 4) is 11.5 Å². The zero-order chi connectivity index (χ0) is 25.0. The fraction of sp³-hybridized carbons (Fsp3) is 0.500. The van der Waals surface area contributed by atoms with E-state index in [4.69, 9.17) is 36.9 Å². The van der Waals surface area contributed by atoms with Gasteiger partial charge in [-0.05, 0) is 30.0 Å². The molecule has 1 unspecified atom stereocenters. The average molecular weight is 473 g/mol. The highest BCUT2D eigenvalue weighted by atomic mass is 16.5. The monoisotopic (exact) mass is 472 g/mol. The molecule has 1 atom stereocenters. The van der Waals surface area contributed by atoms with Crippen LogP contribution in [0.2, 0.25) is 0 Å². The van der Waals surface area contributed by atoms with Crippen molar-refractivity contribution in [1.29, 1.82) is 0 Å². The van der Waals surface area contributed by atoms with E-state index in [0.29, 0.717) is 49.7 Å². The minimum Gasteiger partial charge on any atom is -0.493 e. The lowest BCUT2D eigenvalue weighted by molar-refractivity contribution is -0.144. The van der Waals surface area contributed by atoms with Crippen LogP contribution in [-0.4, -0.2) is 47.8 Å². The van der Waals surface area contributed by atoms with Gasteiger partial charge in [0.15, 0.2) is 11.6 Å². The van der Waals surface area contributed by atoms with Crippen molar-refractivity contribution >= 4 is 17.7 Å². The van der Waals surface area contributed by atoms with E-state index in [1.54, 1.807) is 0 Å². The molecule has 34 heavy (non-hydrogen) atoms. The molecule has 12 heteroatoms. The molecule has 2 rings (SSSR count). The van der Waals surface area contributed by atoms with Crippen molar-refractivity contribution in [2.75, 3.05) is 37.8 Å². The maximum atomic E-state index is 12.3. The van der Waals surface area contributed by atoms with E-state index in [2.05, 4.69) is 20.0 Å². The Bertz CT molecular complexity index is 1010. The Balaban J connectivity index is 2.00. The van der Waals surface area contributed by atoms with Crippen molar-refractivity contribution in [2.24, 2.45) is 10.8 Å². The highest BCUT2D eigenvalue weighted by molar-refractivity contribution is 5.84. The van der Waals surface area contributed by atoms with Gasteiger partial charge in [-0.3, -0.25) is 4.79 Å². The van der Waals surface area contributed by atoms with Crippen LogP contribution in [0.3, 0.4) is 0 Å². The number of nitrogen functional groups attached to an aromatic ring is 2. The highest BCUT2D eigenvalue weighted by Crippen LogP contribution is 2.28. The molecular weight excluding hydrogens is 440 g/mol. The maximum absolute atomic E-state index is 12.3.